The maximum Gasteiger partial charge on any atom is 0.216 e. The van der Waals surface area contributed by atoms with Crippen LogP contribution in [-0.4, -0.2) is 25.0 Å². The van der Waals surface area contributed by atoms with Crippen LogP contribution in [0.1, 0.15) is 40.5 Å². The van der Waals surface area contributed by atoms with Gasteiger partial charge in [0, 0.05) is 11.9 Å². The first-order chi connectivity index (χ1) is 6.70. The van der Waals surface area contributed by atoms with Crippen molar-refractivity contribution in [3.05, 3.63) is 0 Å². The maximum absolute atomic E-state index is 11.6. The molecular formula is C10H22BrNO2S. The smallest absolute Gasteiger partial charge is 0.215 e. The maximum atomic E-state index is 11.6. The van der Waals surface area contributed by atoms with E-state index in [-0.39, 0.29) is 0 Å². The molecule has 0 aromatic carbocycles. The Bertz CT molecular complexity index is 270. The van der Waals surface area contributed by atoms with Gasteiger partial charge in [0.2, 0.25) is 10.0 Å². The summed E-state index contributed by atoms with van der Waals surface area (Å²) in [6.45, 7) is 7.80. The Morgan fingerprint density at radius 3 is 2.27 bits per heavy atom. The molecule has 15 heavy (non-hydrogen) atoms. The second kappa shape index (κ2) is 6.21. The van der Waals surface area contributed by atoms with Crippen LogP contribution in [0.2, 0.25) is 0 Å². The normalized spacial score (nSPS) is 15.3. The predicted molar refractivity (Wildman–Crippen MR) is 68.9 cm³/mol. The molecule has 0 aliphatic heterocycles. The fourth-order valence-corrected chi connectivity index (χ4v) is 2.12. The van der Waals surface area contributed by atoms with Crippen LogP contribution in [0.25, 0.3) is 0 Å². The number of alkyl halides is 1. The van der Waals surface area contributed by atoms with E-state index in [1.54, 1.807) is 20.8 Å². The van der Waals surface area contributed by atoms with Gasteiger partial charge in [0.25, 0.3) is 0 Å². The lowest BCUT2D eigenvalue weighted by molar-refractivity contribution is 0.527. The molecule has 5 heteroatoms. The molecule has 0 aromatic rings. The molecule has 0 aliphatic rings. The minimum atomic E-state index is -3.16. The van der Waals surface area contributed by atoms with Crippen molar-refractivity contribution >= 4 is 26.0 Å². The summed E-state index contributed by atoms with van der Waals surface area (Å²) in [6, 6.07) is 0. The van der Waals surface area contributed by atoms with E-state index in [0.29, 0.717) is 12.5 Å². The number of hydrogen-bond donors (Lipinski definition) is 1. The van der Waals surface area contributed by atoms with Gasteiger partial charge >= 0.3 is 0 Å². The summed E-state index contributed by atoms with van der Waals surface area (Å²) in [6.07, 6.45) is 1.93. The van der Waals surface area contributed by atoms with Crippen molar-refractivity contribution in [2.24, 2.45) is 5.92 Å². The molecular weight excluding hydrogens is 278 g/mol. The number of hydrogen-bond acceptors (Lipinski definition) is 2. The molecule has 0 fully saturated rings. The van der Waals surface area contributed by atoms with E-state index in [2.05, 4.69) is 27.6 Å². The average molecular weight is 300 g/mol. The second-order valence-corrected chi connectivity index (χ2v) is 8.08. The average Bonchev–Trinajstić information content (AvgIpc) is 2.10. The van der Waals surface area contributed by atoms with Gasteiger partial charge in [-0.05, 0) is 39.5 Å². The summed E-state index contributed by atoms with van der Waals surface area (Å²) in [5.41, 5.74) is 0. The number of sulfonamides is 1. The summed E-state index contributed by atoms with van der Waals surface area (Å²) in [7, 11) is -3.16. The number of nitrogens with one attached hydrogen (secondary N) is 1. The molecule has 0 aliphatic carbocycles. The largest absolute Gasteiger partial charge is 0.216 e. The molecule has 92 valence electrons. The van der Waals surface area contributed by atoms with Gasteiger partial charge in [-0.15, -0.1) is 0 Å². The fourth-order valence-electron chi connectivity index (χ4n) is 0.951. The minimum Gasteiger partial charge on any atom is -0.215 e. The van der Waals surface area contributed by atoms with Gasteiger partial charge in [-0.25, -0.2) is 13.1 Å². The van der Waals surface area contributed by atoms with Gasteiger partial charge in [-0.3, -0.25) is 0 Å². The van der Waals surface area contributed by atoms with E-state index < -0.39 is 14.8 Å². The molecule has 0 spiro atoms. The molecule has 0 amide bonds. The first kappa shape index (κ1) is 15.4. The first-order valence-electron chi connectivity index (χ1n) is 5.26. The molecule has 1 unspecified atom stereocenters. The molecule has 0 saturated heterocycles. The standard InChI is InChI=1S/C10H22BrNO2S/c1-9(8-11)6-5-7-12-15(13,14)10(2,3)4/h9,12H,5-8H2,1-4H3. The lowest BCUT2D eigenvalue weighted by atomic mass is 10.1. The zero-order valence-electron chi connectivity index (χ0n) is 10.0. The van der Waals surface area contributed by atoms with E-state index in [4.69, 9.17) is 0 Å². The van der Waals surface area contributed by atoms with Gasteiger partial charge < -0.3 is 0 Å². The third-order valence-electron chi connectivity index (χ3n) is 2.24. The van der Waals surface area contributed by atoms with Crippen LogP contribution >= 0.6 is 15.9 Å². The molecule has 0 bridgehead atoms. The third kappa shape index (κ3) is 5.88. The number of halogens is 1. The highest BCUT2D eigenvalue weighted by atomic mass is 79.9. The quantitative estimate of drug-likeness (QED) is 0.605. The third-order valence-corrected chi connectivity index (χ3v) is 5.54. The van der Waals surface area contributed by atoms with Crippen LogP contribution in [-0.2, 0) is 10.0 Å². The van der Waals surface area contributed by atoms with E-state index in [0.717, 1.165) is 18.2 Å². The Kier molecular flexibility index (Phi) is 6.37. The van der Waals surface area contributed by atoms with Crippen molar-refractivity contribution in [1.29, 1.82) is 0 Å². The minimum absolute atomic E-state index is 0.539. The Labute approximate surface area is 102 Å². The Hall–Kier alpha value is 0.390. The zero-order valence-corrected chi connectivity index (χ0v) is 12.4. The topological polar surface area (TPSA) is 46.2 Å². The molecule has 0 radical (unpaired) electrons. The molecule has 0 rings (SSSR count). The Balaban J connectivity index is 3.88. The van der Waals surface area contributed by atoms with Gasteiger partial charge in [-0.1, -0.05) is 22.9 Å². The molecule has 1 N–H and O–H groups in total. The summed E-state index contributed by atoms with van der Waals surface area (Å²) in [4.78, 5) is 0. The van der Waals surface area contributed by atoms with Crippen LogP contribution in [0, 0.1) is 5.92 Å². The molecule has 1 atom stereocenters. The van der Waals surface area contributed by atoms with Crippen molar-refractivity contribution in [2.45, 2.75) is 45.3 Å². The number of rotatable bonds is 6. The van der Waals surface area contributed by atoms with E-state index >= 15 is 0 Å². The lowest BCUT2D eigenvalue weighted by Crippen LogP contribution is -2.39. The van der Waals surface area contributed by atoms with Crippen LogP contribution in [0.4, 0.5) is 0 Å². The highest BCUT2D eigenvalue weighted by Gasteiger charge is 2.27. The highest BCUT2D eigenvalue weighted by Crippen LogP contribution is 2.13. The highest BCUT2D eigenvalue weighted by molar-refractivity contribution is 9.09. The second-order valence-electron chi connectivity index (χ2n) is 4.91. The molecule has 0 saturated carbocycles. The van der Waals surface area contributed by atoms with Crippen molar-refractivity contribution in [3.63, 3.8) is 0 Å². The first-order valence-corrected chi connectivity index (χ1v) is 7.86. The van der Waals surface area contributed by atoms with E-state index in [9.17, 15) is 8.42 Å². The van der Waals surface area contributed by atoms with E-state index in [1.165, 1.54) is 0 Å². The van der Waals surface area contributed by atoms with E-state index in [1.807, 2.05) is 0 Å². The Morgan fingerprint density at radius 1 is 1.33 bits per heavy atom. The van der Waals surface area contributed by atoms with Crippen LogP contribution in [0.15, 0.2) is 0 Å². The summed E-state index contributed by atoms with van der Waals surface area (Å²) in [5, 5.41) is 0.971. The summed E-state index contributed by atoms with van der Waals surface area (Å²) >= 11 is 3.40. The van der Waals surface area contributed by atoms with Crippen molar-refractivity contribution in [2.75, 3.05) is 11.9 Å². The van der Waals surface area contributed by atoms with Gasteiger partial charge in [-0.2, -0.15) is 0 Å². The monoisotopic (exact) mass is 299 g/mol. The van der Waals surface area contributed by atoms with Crippen molar-refractivity contribution in [1.82, 2.24) is 4.72 Å². The Morgan fingerprint density at radius 2 is 1.87 bits per heavy atom. The van der Waals surface area contributed by atoms with Crippen molar-refractivity contribution < 1.29 is 8.42 Å². The van der Waals surface area contributed by atoms with Gasteiger partial charge in [0.15, 0.2) is 0 Å². The lowest BCUT2D eigenvalue weighted by Gasteiger charge is -2.19. The molecule has 0 aromatic heterocycles. The van der Waals surface area contributed by atoms with Crippen LogP contribution in [0.5, 0.6) is 0 Å². The fraction of sp³-hybridized carbons (Fsp3) is 1.00. The van der Waals surface area contributed by atoms with Crippen LogP contribution in [0.3, 0.4) is 0 Å². The van der Waals surface area contributed by atoms with Gasteiger partial charge in [0.05, 0.1) is 4.75 Å². The summed E-state index contributed by atoms with van der Waals surface area (Å²) in [5.74, 6) is 0.601. The zero-order chi connectivity index (χ0) is 12.1. The SMILES string of the molecule is CC(CBr)CCCNS(=O)(=O)C(C)(C)C. The van der Waals surface area contributed by atoms with Crippen LogP contribution < -0.4 is 4.72 Å². The van der Waals surface area contributed by atoms with Gasteiger partial charge in [0.1, 0.15) is 0 Å². The predicted octanol–water partition coefficient (Wildman–Crippen LogP) is 2.52. The molecule has 3 nitrogen and oxygen atoms in total. The summed E-state index contributed by atoms with van der Waals surface area (Å²) < 4.78 is 25.2. The van der Waals surface area contributed by atoms with Crippen molar-refractivity contribution in [3.8, 4) is 0 Å². The molecule has 0 heterocycles.